The maximum atomic E-state index is 11.9. The number of hydrogen-bond acceptors (Lipinski definition) is 5. The van der Waals surface area contributed by atoms with Crippen molar-refractivity contribution in [1.82, 2.24) is 10.6 Å². The zero-order valence-electron chi connectivity index (χ0n) is 13.8. The number of imide groups is 1. The molecule has 0 aliphatic rings. The molecular formula is C16H21ClN2O4S. The first-order valence-electron chi connectivity index (χ1n) is 7.51. The van der Waals surface area contributed by atoms with Crippen molar-refractivity contribution < 1.29 is 19.1 Å². The summed E-state index contributed by atoms with van der Waals surface area (Å²) in [6, 6.07) is 6.40. The first-order chi connectivity index (χ1) is 11.3. The molecule has 2 atom stereocenters. The summed E-state index contributed by atoms with van der Waals surface area (Å²) in [5.41, 5.74) is 0. The van der Waals surface area contributed by atoms with Crippen molar-refractivity contribution >= 4 is 41.3 Å². The Hall–Kier alpha value is -1.73. The van der Waals surface area contributed by atoms with Gasteiger partial charge in [0.25, 0.3) is 5.91 Å². The van der Waals surface area contributed by atoms with E-state index >= 15 is 0 Å². The summed E-state index contributed by atoms with van der Waals surface area (Å²) in [5, 5.41) is 4.81. The van der Waals surface area contributed by atoms with Gasteiger partial charge in [-0.3, -0.25) is 14.9 Å². The molecule has 1 rings (SSSR count). The van der Waals surface area contributed by atoms with E-state index in [1.807, 2.05) is 13.8 Å². The molecule has 0 unspecified atom stereocenters. The van der Waals surface area contributed by atoms with Crippen molar-refractivity contribution in [2.75, 3.05) is 6.61 Å². The van der Waals surface area contributed by atoms with E-state index in [4.69, 9.17) is 16.3 Å². The number of ether oxygens (including phenoxy) is 1. The molecule has 0 aliphatic heterocycles. The predicted octanol–water partition coefficient (Wildman–Crippen LogP) is 2.99. The maximum absolute atomic E-state index is 11.9. The second kappa shape index (κ2) is 10.2. The van der Waals surface area contributed by atoms with E-state index in [2.05, 4.69) is 10.6 Å². The molecule has 0 heterocycles. The third kappa shape index (κ3) is 7.70. The molecule has 1 aromatic rings. The van der Waals surface area contributed by atoms with E-state index in [-0.39, 0.29) is 6.04 Å². The molecule has 0 fully saturated rings. The normalized spacial score (nSPS) is 12.8. The molecule has 6 nitrogen and oxygen atoms in total. The van der Waals surface area contributed by atoms with Gasteiger partial charge in [-0.2, -0.15) is 0 Å². The minimum absolute atomic E-state index is 0.0452. The Morgan fingerprint density at radius 2 is 1.83 bits per heavy atom. The highest BCUT2D eigenvalue weighted by Gasteiger charge is 2.18. The number of urea groups is 1. The van der Waals surface area contributed by atoms with Gasteiger partial charge in [-0.25, -0.2) is 4.79 Å². The van der Waals surface area contributed by atoms with E-state index < -0.39 is 29.8 Å². The minimum atomic E-state index is -0.673. The average molecular weight is 373 g/mol. The maximum Gasteiger partial charge on any atom is 0.321 e. The summed E-state index contributed by atoms with van der Waals surface area (Å²) in [5.74, 6) is -1.21. The SMILES string of the molecule is CC[C@H](C)NC(=O)NC(=O)COC(=O)[C@@H](C)Sc1ccc(Cl)cc1. The van der Waals surface area contributed by atoms with Crippen LogP contribution in [0.3, 0.4) is 0 Å². The van der Waals surface area contributed by atoms with Crippen LogP contribution in [0.15, 0.2) is 29.2 Å². The molecule has 24 heavy (non-hydrogen) atoms. The number of carbonyl (C=O) groups excluding carboxylic acids is 3. The fourth-order valence-corrected chi connectivity index (χ4v) is 2.54. The minimum Gasteiger partial charge on any atom is -0.455 e. The lowest BCUT2D eigenvalue weighted by Crippen LogP contribution is -2.44. The zero-order chi connectivity index (χ0) is 18.1. The lowest BCUT2D eigenvalue weighted by Gasteiger charge is -2.13. The van der Waals surface area contributed by atoms with Gasteiger partial charge in [0.2, 0.25) is 0 Å². The number of esters is 1. The molecule has 0 radical (unpaired) electrons. The third-order valence-electron chi connectivity index (χ3n) is 3.05. The number of thioether (sulfide) groups is 1. The van der Waals surface area contributed by atoms with Gasteiger partial charge in [0.05, 0.1) is 0 Å². The van der Waals surface area contributed by atoms with Crippen LogP contribution in [-0.2, 0) is 14.3 Å². The molecule has 0 saturated carbocycles. The van der Waals surface area contributed by atoms with Crippen LogP contribution >= 0.6 is 23.4 Å². The van der Waals surface area contributed by atoms with Crippen LogP contribution in [0.25, 0.3) is 0 Å². The molecule has 1 aromatic carbocycles. The Morgan fingerprint density at radius 1 is 1.21 bits per heavy atom. The summed E-state index contributed by atoms with van der Waals surface area (Å²) in [6.45, 7) is 4.90. The van der Waals surface area contributed by atoms with Crippen molar-refractivity contribution in [3.63, 3.8) is 0 Å². The number of nitrogens with one attached hydrogen (secondary N) is 2. The fraction of sp³-hybridized carbons (Fsp3) is 0.438. The van der Waals surface area contributed by atoms with Gasteiger partial charge in [0, 0.05) is 16.0 Å². The molecule has 0 bridgehead atoms. The highest BCUT2D eigenvalue weighted by molar-refractivity contribution is 8.00. The molecule has 0 aliphatic carbocycles. The zero-order valence-corrected chi connectivity index (χ0v) is 15.4. The second-order valence-electron chi connectivity index (χ2n) is 5.15. The Morgan fingerprint density at radius 3 is 2.42 bits per heavy atom. The number of carbonyl (C=O) groups is 3. The van der Waals surface area contributed by atoms with E-state index in [1.165, 1.54) is 11.8 Å². The standard InChI is InChI=1S/C16H21ClN2O4S/c1-4-10(2)18-16(22)19-14(20)9-23-15(21)11(3)24-13-7-5-12(17)6-8-13/h5-8,10-11H,4,9H2,1-3H3,(H2,18,19,20,22)/t10-,11+/m0/s1. The Labute approximate surface area is 150 Å². The van der Waals surface area contributed by atoms with Crippen LogP contribution in [0.4, 0.5) is 4.79 Å². The number of benzene rings is 1. The second-order valence-corrected chi connectivity index (χ2v) is 7.00. The molecule has 0 saturated heterocycles. The van der Waals surface area contributed by atoms with Gasteiger partial charge in [-0.15, -0.1) is 11.8 Å². The summed E-state index contributed by atoms with van der Waals surface area (Å²) < 4.78 is 4.92. The Kier molecular flexibility index (Phi) is 8.63. The van der Waals surface area contributed by atoms with Gasteiger partial charge in [0.15, 0.2) is 6.61 Å². The highest BCUT2D eigenvalue weighted by Crippen LogP contribution is 2.25. The molecule has 0 spiro atoms. The van der Waals surface area contributed by atoms with Gasteiger partial charge in [0.1, 0.15) is 5.25 Å². The van der Waals surface area contributed by atoms with Crippen LogP contribution < -0.4 is 10.6 Å². The highest BCUT2D eigenvalue weighted by atomic mass is 35.5. The van der Waals surface area contributed by atoms with Gasteiger partial charge in [-0.1, -0.05) is 18.5 Å². The van der Waals surface area contributed by atoms with Crippen molar-refractivity contribution in [3.8, 4) is 0 Å². The lowest BCUT2D eigenvalue weighted by molar-refractivity contribution is -0.147. The lowest BCUT2D eigenvalue weighted by atomic mass is 10.3. The van der Waals surface area contributed by atoms with Crippen LogP contribution in [0, 0.1) is 0 Å². The van der Waals surface area contributed by atoms with Crippen molar-refractivity contribution in [2.24, 2.45) is 0 Å². The van der Waals surface area contributed by atoms with E-state index in [0.717, 1.165) is 11.3 Å². The number of halogens is 1. The molecule has 2 N–H and O–H groups in total. The first kappa shape index (κ1) is 20.3. The van der Waals surface area contributed by atoms with Gasteiger partial charge >= 0.3 is 12.0 Å². The summed E-state index contributed by atoms with van der Waals surface area (Å²) in [4.78, 5) is 35.8. The average Bonchev–Trinajstić information content (AvgIpc) is 2.54. The quantitative estimate of drug-likeness (QED) is 0.567. The van der Waals surface area contributed by atoms with Crippen LogP contribution in [-0.4, -0.2) is 35.8 Å². The van der Waals surface area contributed by atoms with E-state index in [1.54, 1.807) is 31.2 Å². The molecule has 8 heteroatoms. The van der Waals surface area contributed by atoms with Crippen LogP contribution in [0.2, 0.25) is 5.02 Å². The Balaban J connectivity index is 2.35. The molecule has 132 valence electrons. The van der Waals surface area contributed by atoms with Crippen LogP contribution in [0.5, 0.6) is 0 Å². The predicted molar refractivity (Wildman–Crippen MR) is 94.2 cm³/mol. The van der Waals surface area contributed by atoms with Crippen molar-refractivity contribution in [1.29, 1.82) is 0 Å². The van der Waals surface area contributed by atoms with E-state index in [0.29, 0.717) is 5.02 Å². The topological polar surface area (TPSA) is 84.5 Å². The third-order valence-corrected chi connectivity index (χ3v) is 4.39. The van der Waals surface area contributed by atoms with Gasteiger partial charge in [-0.05, 0) is 44.5 Å². The van der Waals surface area contributed by atoms with Crippen molar-refractivity contribution in [2.45, 2.75) is 43.4 Å². The first-order valence-corrected chi connectivity index (χ1v) is 8.76. The monoisotopic (exact) mass is 372 g/mol. The summed E-state index contributed by atoms with van der Waals surface area (Å²) >= 11 is 7.09. The smallest absolute Gasteiger partial charge is 0.321 e. The number of rotatable bonds is 7. The van der Waals surface area contributed by atoms with Crippen molar-refractivity contribution in [3.05, 3.63) is 29.3 Å². The molecule has 0 aromatic heterocycles. The number of amides is 3. The largest absolute Gasteiger partial charge is 0.455 e. The van der Waals surface area contributed by atoms with Crippen LogP contribution in [0.1, 0.15) is 27.2 Å². The number of hydrogen-bond donors (Lipinski definition) is 2. The summed E-state index contributed by atoms with van der Waals surface area (Å²) in [7, 11) is 0. The van der Waals surface area contributed by atoms with Gasteiger partial charge < -0.3 is 10.1 Å². The molecular weight excluding hydrogens is 352 g/mol. The Bertz CT molecular complexity index is 580. The van der Waals surface area contributed by atoms with E-state index in [9.17, 15) is 14.4 Å². The fourth-order valence-electron chi connectivity index (χ4n) is 1.54. The molecule has 3 amide bonds. The summed E-state index contributed by atoms with van der Waals surface area (Å²) in [6.07, 6.45) is 0.746.